The van der Waals surface area contributed by atoms with Crippen LogP contribution in [0, 0.1) is 5.92 Å². The van der Waals surface area contributed by atoms with Crippen molar-refractivity contribution in [3.05, 3.63) is 70.9 Å². The molecule has 2 amide bonds. The fraction of sp³-hybridized carbons (Fsp3) is 0.300. The standard InChI is InChI=1S/C20H22N4O3/c25-18(22-13-15-6-2-1-3-7-15)19(26)23-17-9-4-8-16(12-17)14-24-11-5-10-21-20(24)27/h1-2,4-5,8-12,15H,3,6-7,13-14H2,(H,22,25)(H,23,26). The van der Waals surface area contributed by atoms with Gasteiger partial charge in [0.25, 0.3) is 0 Å². The molecule has 2 aromatic rings. The minimum atomic E-state index is -0.697. The molecule has 2 N–H and O–H groups in total. The van der Waals surface area contributed by atoms with Crippen LogP contribution in [-0.4, -0.2) is 27.9 Å². The van der Waals surface area contributed by atoms with Crippen LogP contribution in [0.1, 0.15) is 24.8 Å². The molecule has 0 saturated carbocycles. The lowest BCUT2D eigenvalue weighted by molar-refractivity contribution is -0.136. The van der Waals surface area contributed by atoms with Gasteiger partial charge in [-0.2, -0.15) is 0 Å². The highest BCUT2D eigenvalue weighted by Crippen LogP contribution is 2.17. The van der Waals surface area contributed by atoms with E-state index in [2.05, 4.69) is 27.8 Å². The molecule has 3 rings (SSSR count). The van der Waals surface area contributed by atoms with Gasteiger partial charge in [-0.25, -0.2) is 9.78 Å². The van der Waals surface area contributed by atoms with Crippen LogP contribution >= 0.6 is 0 Å². The Labute approximate surface area is 157 Å². The molecular formula is C20H22N4O3. The second-order valence-electron chi connectivity index (χ2n) is 6.55. The Kier molecular flexibility index (Phi) is 6.14. The maximum atomic E-state index is 12.1. The normalized spacial score (nSPS) is 15.9. The zero-order chi connectivity index (χ0) is 19.1. The number of benzene rings is 1. The largest absolute Gasteiger partial charge is 0.348 e. The van der Waals surface area contributed by atoms with Crippen LogP contribution in [0.5, 0.6) is 0 Å². The van der Waals surface area contributed by atoms with Crippen LogP contribution in [0.2, 0.25) is 0 Å². The van der Waals surface area contributed by atoms with Gasteiger partial charge in [0, 0.05) is 24.6 Å². The lowest BCUT2D eigenvalue weighted by Gasteiger charge is -2.17. The highest BCUT2D eigenvalue weighted by atomic mass is 16.2. The van der Waals surface area contributed by atoms with E-state index in [0.717, 1.165) is 24.8 Å². The lowest BCUT2D eigenvalue weighted by atomic mass is 9.94. The maximum absolute atomic E-state index is 12.1. The Morgan fingerprint density at radius 1 is 1.19 bits per heavy atom. The average Bonchev–Trinajstić information content (AvgIpc) is 2.69. The molecule has 1 heterocycles. The van der Waals surface area contributed by atoms with Gasteiger partial charge < -0.3 is 10.6 Å². The number of aromatic nitrogens is 2. The van der Waals surface area contributed by atoms with Gasteiger partial charge in [0.15, 0.2) is 0 Å². The van der Waals surface area contributed by atoms with Gasteiger partial charge >= 0.3 is 17.5 Å². The van der Waals surface area contributed by atoms with Gasteiger partial charge in [-0.15, -0.1) is 0 Å². The number of nitrogens with one attached hydrogen (secondary N) is 2. The fourth-order valence-electron chi connectivity index (χ4n) is 3.00. The van der Waals surface area contributed by atoms with Crippen LogP contribution in [0.3, 0.4) is 0 Å². The first-order valence-corrected chi connectivity index (χ1v) is 8.96. The summed E-state index contributed by atoms with van der Waals surface area (Å²) in [4.78, 5) is 39.5. The van der Waals surface area contributed by atoms with E-state index >= 15 is 0 Å². The van der Waals surface area contributed by atoms with Gasteiger partial charge in [-0.05, 0) is 48.9 Å². The van der Waals surface area contributed by atoms with Crippen molar-refractivity contribution in [1.29, 1.82) is 0 Å². The molecule has 0 spiro atoms. The third kappa shape index (κ3) is 5.37. The maximum Gasteiger partial charge on any atom is 0.347 e. The van der Waals surface area contributed by atoms with E-state index in [4.69, 9.17) is 0 Å². The number of anilines is 1. The van der Waals surface area contributed by atoms with Gasteiger partial charge in [0.1, 0.15) is 0 Å². The topological polar surface area (TPSA) is 93.1 Å². The van der Waals surface area contributed by atoms with Crippen molar-refractivity contribution < 1.29 is 9.59 Å². The quantitative estimate of drug-likeness (QED) is 0.622. The van der Waals surface area contributed by atoms with Crippen LogP contribution in [0.25, 0.3) is 0 Å². The van der Waals surface area contributed by atoms with E-state index in [1.807, 2.05) is 6.07 Å². The molecule has 1 unspecified atom stereocenters. The first kappa shape index (κ1) is 18.6. The summed E-state index contributed by atoms with van der Waals surface area (Å²) in [6.07, 6.45) is 10.3. The summed E-state index contributed by atoms with van der Waals surface area (Å²) in [5.74, 6) is -0.955. The number of carbonyl (C=O) groups is 2. The zero-order valence-electron chi connectivity index (χ0n) is 14.9. The lowest BCUT2D eigenvalue weighted by Crippen LogP contribution is -2.38. The highest BCUT2D eigenvalue weighted by molar-refractivity contribution is 6.39. The first-order valence-electron chi connectivity index (χ1n) is 8.96. The molecule has 0 aliphatic heterocycles. The van der Waals surface area contributed by atoms with E-state index < -0.39 is 11.8 Å². The molecule has 1 aliphatic carbocycles. The summed E-state index contributed by atoms with van der Waals surface area (Å²) in [6.45, 7) is 0.832. The molecule has 7 nitrogen and oxygen atoms in total. The van der Waals surface area contributed by atoms with Crippen molar-refractivity contribution >= 4 is 17.5 Å². The molecule has 1 aromatic carbocycles. The Bertz CT molecular complexity index is 904. The van der Waals surface area contributed by atoms with E-state index in [-0.39, 0.29) is 5.69 Å². The van der Waals surface area contributed by atoms with E-state index in [1.54, 1.807) is 30.5 Å². The average molecular weight is 366 g/mol. The molecule has 0 fully saturated rings. The number of allylic oxidation sites excluding steroid dienone is 2. The molecule has 1 aromatic heterocycles. The second-order valence-corrected chi connectivity index (χ2v) is 6.55. The van der Waals surface area contributed by atoms with Gasteiger partial charge in [0.2, 0.25) is 0 Å². The van der Waals surface area contributed by atoms with Crippen molar-refractivity contribution in [2.45, 2.75) is 25.8 Å². The minimum Gasteiger partial charge on any atom is -0.348 e. The molecule has 140 valence electrons. The molecule has 0 bridgehead atoms. The Hall–Kier alpha value is -3.22. The summed E-state index contributed by atoms with van der Waals surface area (Å²) in [6, 6.07) is 8.72. The highest BCUT2D eigenvalue weighted by Gasteiger charge is 2.16. The van der Waals surface area contributed by atoms with Gasteiger partial charge in [0.05, 0.1) is 6.54 Å². The van der Waals surface area contributed by atoms with Crippen LogP contribution < -0.4 is 16.3 Å². The number of nitrogens with zero attached hydrogens (tertiary/aromatic N) is 2. The predicted molar refractivity (Wildman–Crippen MR) is 102 cm³/mol. The number of hydrogen-bond acceptors (Lipinski definition) is 4. The number of rotatable bonds is 5. The van der Waals surface area contributed by atoms with Crippen molar-refractivity contribution in [1.82, 2.24) is 14.9 Å². The summed E-state index contributed by atoms with van der Waals surface area (Å²) in [5.41, 5.74) is 0.978. The van der Waals surface area contributed by atoms with Gasteiger partial charge in [-0.1, -0.05) is 24.3 Å². The van der Waals surface area contributed by atoms with Crippen molar-refractivity contribution in [3.63, 3.8) is 0 Å². The predicted octanol–water partition coefficient (Wildman–Crippen LogP) is 1.70. The number of hydrogen-bond donors (Lipinski definition) is 2. The van der Waals surface area contributed by atoms with Crippen molar-refractivity contribution in [2.75, 3.05) is 11.9 Å². The Morgan fingerprint density at radius 3 is 2.85 bits per heavy atom. The molecule has 7 heteroatoms. The molecule has 0 radical (unpaired) electrons. The molecular weight excluding hydrogens is 344 g/mol. The third-order valence-electron chi connectivity index (χ3n) is 4.46. The van der Waals surface area contributed by atoms with Gasteiger partial charge in [-0.3, -0.25) is 14.2 Å². The molecule has 1 aliphatic rings. The van der Waals surface area contributed by atoms with Crippen LogP contribution in [-0.2, 0) is 16.1 Å². The smallest absolute Gasteiger partial charge is 0.347 e. The van der Waals surface area contributed by atoms with Crippen molar-refractivity contribution in [3.8, 4) is 0 Å². The minimum absolute atomic E-state index is 0.331. The fourth-order valence-corrected chi connectivity index (χ4v) is 3.00. The SMILES string of the molecule is O=C(NCC1CC=CCC1)C(=O)Nc1cccc(Cn2cccnc2=O)c1. The Balaban J connectivity index is 1.56. The van der Waals surface area contributed by atoms with Crippen molar-refractivity contribution in [2.24, 2.45) is 5.92 Å². The summed E-state index contributed by atoms with van der Waals surface area (Å²) in [5, 5.41) is 5.30. The number of carbonyl (C=O) groups excluding carboxylic acids is 2. The first-order chi connectivity index (χ1) is 13.1. The third-order valence-corrected chi connectivity index (χ3v) is 4.46. The summed E-state index contributed by atoms with van der Waals surface area (Å²) < 4.78 is 1.46. The molecule has 1 atom stereocenters. The number of amides is 2. The molecule has 0 saturated heterocycles. The summed E-state index contributed by atoms with van der Waals surface area (Å²) in [7, 11) is 0. The zero-order valence-corrected chi connectivity index (χ0v) is 14.9. The summed E-state index contributed by atoms with van der Waals surface area (Å²) >= 11 is 0. The molecule has 27 heavy (non-hydrogen) atoms. The Morgan fingerprint density at radius 2 is 2.07 bits per heavy atom. The second kappa shape index (κ2) is 8.93. The van der Waals surface area contributed by atoms with Crippen LogP contribution in [0.4, 0.5) is 5.69 Å². The monoisotopic (exact) mass is 366 g/mol. The van der Waals surface area contributed by atoms with E-state index in [0.29, 0.717) is 24.7 Å². The van der Waals surface area contributed by atoms with E-state index in [1.165, 1.54) is 10.8 Å². The van der Waals surface area contributed by atoms with E-state index in [9.17, 15) is 14.4 Å². The van der Waals surface area contributed by atoms with Crippen LogP contribution in [0.15, 0.2) is 59.7 Å².